The lowest BCUT2D eigenvalue weighted by atomic mass is 9.89. The molecule has 6 nitrogen and oxygen atoms in total. The number of ether oxygens (including phenoxy) is 1. The van der Waals surface area contributed by atoms with Crippen LogP contribution in [0, 0.1) is 19.8 Å². The van der Waals surface area contributed by atoms with Crippen LogP contribution in [0.2, 0.25) is 0 Å². The number of carbonyl (C=O) groups excluding carboxylic acids is 1. The van der Waals surface area contributed by atoms with Crippen LogP contribution in [-0.2, 0) is 11.8 Å². The Balaban J connectivity index is 0.00000243. The summed E-state index contributed by atoms with van der Waals surface area (Å²) in [5.74, 6) is 1.27. The molecule has 1 fully saturated rings. The van der Waals surface area contributed by atoms with E-state index in [4.69, 9.17) is 10.5 Å². The first kappa shape index (κ1) is 20.3. The number of hydrogen-bond donors (Lipinski definition) is 1. The van der Waals surface area contributed by atoms with Crippen molar-refractivity contribution < 1.29 is 9.53 Å². The maximum Gasteiger partial charge on any atom is 0.260 e. The third-order valence-corrected chi connectivity index (χ3v) is 5.11. The van der Waals surface area contributed by atoms with E-state index in [9.17, 15) is 4.79 Å². The second-order valence-electron chi connectivity index (χ2n) is 6.72. The van der Waals surface area contributed by atoms with Crippen molar-refractivity contribution >= 4 is 18.3 Å². The first-order chi connectivity index (χ1) is 12.0. The predicted octanol–water partition coefficient (Wildman–Crippen LogP) is 2.04. The van der Waals surface area contributed by atoms with Gasteiger partial charge in [0.05, 0.1) is 5.69 Å². The molecule has 1 amide bonds. The molecule has 1 aliphatic heterocycles. The molecule has 1 aliphatic rings. The number of benzene rings is 1. The minimum Gasteiger partial charge on any atom is -0.480 e. The molecule has 0 spiro atoms. The van der Waals surface area contributed by atoms with E-state index >= 15 is 0 Å². The molecule has 2 atom stereocenters. The molecule has 2 heterocycles. The minimum atomic E-state index is -0.000431. The van der Waals surface area contributed by atoms with E-state index in [1.54, 1.807) is 4.68 Å². The van der Waals surface area contributed by atoms with Gasteiger partial charge in [0, 0.05) is 26.1 Å². The molecule has 0 unspecified atom stereocenters. The van der Waals surface area contributed by atoms with Gasteiger partial charge in [-0.25, -0.2) is 0 Å². The van der Waals surface area contributed by atoms with Crippen LogP contribution in [-0.4, -0.2) is 46.8 Å². The Morgan fingerprint density at radius 2 is 1.96 bits per heavy atom. The number of hydrogen-bond acceptors (Lipinski definition) is 4. The molecule has 142 valence electrons. The molecule has 2 aromatic rings. The van der Waals surface area contributed by atoms with Gasteiger partial charge in [-0.1, -0.05) is 30.3 Å². The zero-order valence-corrected chi connectivity index (χ0v) is 16.3. The Bertz CT molecular complexity index is 747. The van der Waals surface area contributed by atoms with Gasteiger partial charge < -0.3 is 15.4 Å². The van der Waals surface area contributed by atoms with Crippen LogP contribution in [0.15, 0.2) is 30.3 Å². The second kappa shape index (κ2) is 8.56. The van der Waals surface area contributed by atoms with Crippen molar-refractivity contribution in [2.75, 3.05) is 26.2 Å². The van der Waals surface area contributed by atoms with Gasteiger partial charge in [-0.2, -0.15) is 5.10 Å². The summed E-state index contributed by atoms with van der Waals surface area (Å²) in [4.78, 5) is 14.5. The van der Waals surface area contributed by atoms with Gasteiger partial charge in [-0.05, 0) is 31.9 Å². The van der Waals surface area contributed by atoms with E-state index in [1.807, 2.05) is 44.0 Å². The monoisotopic (exact) mass is 378 g/mol. The van der Waals surface area contributed by atoms with E-state index in [-0.39, 0.29) is 36.8 Å². The Kier molecular flexibility index (Phi) is 6.67. The summed E-state index contributed by atoms with van der Waals surface area (Å²) >= 11 is 0. The Hall–Kier alpha value is -2.05. The molecule has 0 radical (unpaired) electrons. The summed E-state index contributed by atoms with van der Waals surface area (Å²) < 4.78 is 7.53. The maximum absolute atomic E-state index is 12.6. The Labute approximate surface area is 160 Å². The number of nitrogens with two attached hydrogens (primary N) is 1. The molecular weight excluding hydrogens is 352 g/mol. The number of amides is 1. The van der Waals surface area contributed by atoms with Crippen LogP contribution in [0.4, 0.5) is 0 Å². The normalized spacial score (nSPS) is 19.3. The van der Waals surface area contributed by atoms with Crippen molar-refractivity contribution in [3.8, 4) is 5.75 Å². The van der Waals surface area contributed by atoms with Gasteiger partial charge in [0.15, 0.2) is 12.4 Å². The molecule has 7 heteroatoms. The van der Waals surface area contributed by atoms with E-state index in [1.165, 1.54) is 5.56 Å². The SMILES string of the molecule is Cc1nn(C)c(C)c1OCC(=O)N1C[C@@H](CN)[C@H](c2ccccc2)C1.Cl. The van der Waals surface area contributed by atoms with Gasteiger partial charge in [-0.15, -0.1) is 12.4 Å². The van der Waals surface area contributed by atoms with Gasteiger partial charge in [0.25, 0.3) is 5.91 Å². The molecule has 1 aromatic carbocycles. The highest BCUT2D eigenvalue weighted by Crippen LogP contribution is 2.32. The van der Waals surface area contributed by atoms with Gasteiger partial charge in [0.1, 0.15) is 5.69 Å². The molecular formula is C19H27ClN4O2. The lowest BCUT2D eigenvalue weighted by molar-refractivity contribution is -0.132. The zero-order chi connectivity index (χ0) is 18.0. The van der Waals surface area contributed by atoms with Gasteiger partial charge in [0.2, 0.25) is 0 Å². The van der Waals surface area contributed by atoms with Crippen molar-refractivity contribution in [1.29, 1.82) is 0 Å². The van der Waals surface area contributed by atoms with Crippen molar-refractivity contribution in [1.82, 2.24) is 14.7 Å². The van der Waals surface area contributed by atoms with E-state index in [0.29, 0.717) is 25.4 Å². The fraction of sp³-hybridized carbons (Fsp3) is 0.474. The van der Waals surface area contributed by atoms with Crippen LogP contribution in [0.3, 0.4) is 0 Å². The first-order valence-corrected chi connectivity index (χ1v) is 8.67. The highest BCUT2D eigenvalue weighted by molar-refractivity contribution is 5.85. The molecule has 1 saturated heterocycles. The summed E-state index contributed by atoms with van der Waals surface area (Å²) in [6.45, 7) is 5.81. The summed E-state index contributed by atoms with van der Waals surface area (Å²) in [5, 5.41) is 4.31. The third-order valence-electron chi connectivity index (χ3n) is 5.11. The first-order valence-electron chi connectivity index (χ1n) is 8.67. The average Bonchev–Trinajstić information content (AvgIpc) is 3.16. The third kappa shape index (κ3) is 4.02. The van der Waals surface area contributed by atoms with Gasteiger partial charge in [-0.3, -0.25) is 9.48 Å². The number of nitrogens with zero attached hydrogens (tertiary/aromatic N) is 3. The predicted molar refractivity (Wildman–Crippen MR) is 104 cm³/mol. The fourth-order valence-corrected chi connectivity index (χ4v) is 3.58. The molecule has 0 aliphatic carbocycles. The molecule has 26 heavy (non-hydrogen) atoms. The Morgan fingerprint density at radius 3 is 2.54 bits per heavy atom. The highest BCUT2D eigenvalue weighted by Gasteiger charge is 2.35. The zero-order valence-electron chi connectivity index (χ0n) is 15.5. The van der Waals surface area contributed by atoms with Gasteiger partial charge >= 0.3 is 0 Å². The van der Waals surface area contributed by atoms with Crippen molar-refractivity contribution in [2.24, 2.45) is 18.7 Å². The number of likely N-dealkylation sites (tertiary alicyclic amines) is 1. The van der Waals surface area contributed by atoms with Crippen LogP contribution < -0.4 is 10.5 Å². The number of aryl methyl sites for hydroxylation is 2. The van der Waals surface area contributed by atoms with Crippen molar-refractivity contribution in [3.05, 3.63) is 47.3 Å². The summed E-state index contributed by atoms with van der Waals surface area (Å²) in [7, 11) is 1.87. The highest BCUT2D eigenvalue weighted by atomic mass is 35.5. The smallest absolute Gasteiger partial charge is 0.260 e. The summed E-state index contributed by atoms with van der Waals surface area (Å²) in [6.07, 6.45) is 0. The van der Waals surface area contributed by atoms with Crippen LogP contribution in [0.25, 0.3) is 0 Å². The molecule has 0 saturated carbocycles. The standard InChI is InChI=1S/C19H26N4O2.ClH/c1-13-19(14(2)22(3)21-13)25-12-18(24)23-10-16(9-20)17(11-23)15-7-5-4-6-8-15;/h4-8,16-17H,9-12,20H2,1-3H3;1H/t16-,17+;/m1./s1. The second-order valence-corrected chi connectivity index (χ2v) is 6.72. The minimum absolute atomic E-state index is 0. The summed E-state index contributed by atoms with van der Waals surface area (Å²) in [6, 6.07) is 10.3. The lowest BCUT2D eigenvalue weighted by Gasteiger charge is -2.17. The summed E-state index contributed by atoms with van der Waals surface area (Å²) in [5.41, 5.74) is 8.92. The van der Waals surface area contributed by atoms with Crippen LogP contribution in [0.1, 0.15) is 22.9 Å². The van der Waals surface area contributed by atoms with E-state index < -0.39 is 0 Å². The average molecular weight is 379 g/mol. The topological polar surface area (TPSA) is 73.4 Å². The number of halogens is 1. The molecule has 3 rings (SSSR count). The van der Waals surface area contributed by atoms with E-state index in [2.05, 4.69) is 17.2 Å². The van der Waals surface area contributed by atoms with Crippen molar-refractivity contribution in [2.45, 2.75) is 19.8 Å². The largest absolute Gasteiger partial charge is 0.480 e. The Morgan fingerprint density at radius 1 is 1.27 bits per heavy atom. The quantitative estimate of drug-likeness (QED) is 0.864. The van der Waals surface area contributed by atoms with E-state index in [0.717, 1.165) is 11.4 Å². The lowest BCUT2D eigenvalue weighted by Crippen LogP contribution is -2.33. The van der Waals surface area contributed by atoms with Crippen LogP contribution in [0.5, 0.6) is 5.75 Å². The molecule has 1 aromatic heterocycles. The number of carbonyl (C=O) groups is 1. The van der Waals surface area contributed by atoms with Crippen LogP contribution >= 0.6 is 12.4 Å². The molecule has 2 N–H and O–H groups in total. The number of aromatic nitrogens is 2. The molecule has 0 bridgehead atoms. The number of rotatable bonds is 5. The van der Waals surface area contributed by atoms with Crippen molar-refractivity contribution in [3.63, 3.8) is 0 Å². The maximum atomic E-state index is 12.6. The fourth-order valence-electron chi connectivity index (χ4n) is 3.58.